The van der Waals surface area contributed by atoms with Gasteiger partial charge in [-0.2, -0.15) is 13.2 Å². The maximum Gasteiger partial charge on any atom is 0.491 e. The number of hydrogen-bond acceptors (Lipinski definition) is 3. The third-order valence-corrected chi connectivity index (χ3v) is 1.59. The first-order valence-electron chi connectivity index (χ1n) is 4.04. The van der Waals surface area contributed by atoms with E-state index < -0.39 is 12.1 Å². The Hall–Kier alpha value is -2.05. The fourth-order valence-corrected chi connectivity index (χ4v) is 0.892. The highest BCUT2D eigenvalue weighted by Crippen LogP contribution is 2.20. The number of amidine groups is 1. The van der Waals surface area contributed by atoms with Crippen molar-refractivity contribution >= 4 is 11.8 Å². The molecule has 1 rings (SSSR count). The average Bonchev–Trinajstić information content (AvgIpc) is 2.16. The number of alkyl halides is 3. The SMILES string of the molecule is N=C(N)c1cccc(OC(=O)C(F)(F)F)c1. The fourth-order valence-electron chi connectivity index (χ4n) is 0.892. The lowest BCUT2D eigenvalue weighted by molar-refractivity contribution is -0.189. The molecule has 86 valence electrons. The molecule has 3 N–H and O–H groups in total. The molecule has 0 saturated carbocycles. The zero-order valence-electron chi connectivity index (χ0n) is 7.84. The number of benzene rings is 1. The van der Waals surface area contributed by atoms with Crippen molar-refractivity contribution in [2.75, 3.05) is 0 Å². The van der Waals surface area contributed by atoms with Gasteiger partial charge in [0.1, 0.15) is 11.6 Å². The highest BCUT2D eigenvalue weighted by atomic mass is 19.4. The molecule has 1 aromatic rings. The predicted octanol–water partition coefficient (Wildman–Crippen LogP) is 1.44. The van der Waals surface area contributed by atoms with Crippen LogP contribution < -0.4 is 10.5 Å². The molecule has 4 nitrogen and oxygen atoms in total. The Morgan fingerprint density at radius 2 is 2.00 bits per heavy atom. The Morgan fingerprint density at radius 1 is 1.38 bits per heavy atom. The molecule has 0 heterocycles. The van der Waals surface area contributed by atoms with Gasteiger partial charge in [0.15, 0.2) is 0 Å². The van der Waals surface area contributed by atoms with E-state index in [9.17, 15) is 18.0 Å². The standard InChI is InChI=1S/C9H7F3N2O2/c10-9(11,12)8(15)16-6-3-1-2-5(4-6)7(13)14/h1-4H,(H3,13,14). The van der Waals surface area contributed by atoms with E-state index in [4.69, 9.17) is 11.1 Å². The Kier molecular flexibility index (Phi) is 3.17. The van der Waals surface area contributed by atoms with Gasteiger partial charge in [-0.15, -0.1) is 0 Å². The molecular weight excluding hydrogens is 225 g/mol. The second-order valence-corrected chi connectivity index (χ2v) is 2.83. The van der Waals surface area contributed by atoms with Crippen LogP contribution in [0.5, 0.6) is 5.75 Å². The molecule has 0 spiro atoms. The first-order chi connectivity index (χ1) is 7.30. The van der Waals surface area contributed by atoms with Crippen molar-refractivity contribution in [3.05, 3.63) is 29.8 Å². The number of nitrogens with two attached hydrogens (primary N) is 1. The van der Waals surface area contributed by atoms with Crippen molar-refractivity contribution < 1.29 is 22.7 Å². The highest BCUT2D eigenvalue weighted by Gasteiger charge is 2.41. The normalized spacial score (nSPS) is 10.9. The van der Waals surface area contributed by atoms with Crippen LogP contribution >= 0.6 is 0 Å². The number of carbonyl (C=O) groups excluding carboxylic acids is 1. The lowest BCUT2D eigenvalue weighted by Gasteiger charge is -2.07. The summed E-state index contributed by atoms with van der Waals surface area (Å²) in [6, 6.07) is 4.98. The van der Waals surface area contributed by atoms with E-state index >= 15 is 0 Å². The summed E-state index contributed by atoms with van der Waals surface area (Å²) < 4.78 is 39.6. The second-order valence-electron chi connectivity index (χ2n) is 2.83. The van der Waals surface area contributed by atoms with Gasteiger partial charge in [0.25, 0.3) is 0 Å². The first kappa shape index (κ1) is 12.0. The number of hydrogen-bond donors (Lipinski definition) is 2. The lowest BCUT2D eigenvalue weighted by atomic mass is 10.2. The minimum atomic E-state index is -5.05. The van der Waals surface area contributed by atoms with Crippen LogP contribution in [0.3, 0.4) is 0 Å². The molecule has 0 aliphatic carbocycles. The topological polar surface area (TPSA) is 76.2 Å². The van der Waals surface area contributed by atoms with E-state index in [0.717, 1.165) is 12.1 Å². The van der Waals surface area contributed by atoms with E-state index in [-0.39, 0.29) is 17.1 Å². The monoisotopic (exact) mass is 232 g/mol. The van der Waals surface area contributed by atoms with E-state index in [1.807, 2.05) is 0 Å². The van der Waals surface area contributed by atoms with Crippen LogP contribution in [0.25, 0.3) is 0 Å². The van der Waals surface area contributed by atoms with Crippen LogP contribution in [0.4, 0.5) is 13.2 Å². The third-order valence-electron chi connectivity index (χ3n) is 1.59. The molecule has 0 unspecified atom stereocenters. The predicted molar refractivity (Wildman–Crippen MR) is 49.1 cm³/mol. The number of nitrogens with one attached hydrogen (secondary N) is 1. The zero-order chi connectivity index (χ0) is 12.3. The molecule has 0 fully saturated rings. The summed E-state index contributed by atoms with van der Waals surface area (Å²) in [6.45, 7) is 0. The third kappa shape index (κ3) is 2.97. The maximum absolute atomic E-state index is 11.9. The van der Waals surface area contributed by atoms with Crippen molar-refractivity contribution in [1.29, 1.82) is 5.41 Å². The summed E-state index contributed by atoms with van der Waals surface area (Å²) in [5.41, 5.74) is 5.29. The van der Waals surface area contributed by atoms with Gasteiger partial charge >= 0.3 is 12.1 Å². The van der Waals surface area contributed by atoms with Gasteiger partial charge in [-0.1, -0.05) is 12.1 Å². The smallest absolute Gasteiger partial charge is 0.420 e. The van der Waals surface area contributed by atoms with Gasteiger partial charge in [-0.05, 0) is 12.1 Å². The Bertz CT molecular complexity index is 429. The first-order valence-corrected chi connectivity index (χ1v) is 4.04. The number of halogens is 3. The van der Waals surface area contributed by atoms with Crippen LogP contribution in [0.15, 0.2) is 24.3 Å². The largest absolute Gasteiger partial charge is 0.491 e. The summed E-state index contributed by atoms with van der Waals surface area (Å²) in [5.74, 6) is -2.95. The molecule has 1 aromatic carbocycles. The molecule has 0 aromatic heterocycles. The van der Waals surface area contributed by atoms with Crippen LogP contribution in [0.2, 0.25) is 0 Å². The molecule has 0 aliphatic rings. The minimum Gasteiger partial charge on any atom is -0.420 e. The summed E-state index contributed by atoms with van der Waals surface area (Å²) in [7, 11) is 0. The Labute approximate surface area is 88.3 Å². The van der Waals surface area contributed by atoms with Gasteiger partial charge < -0.3 is 10.5 Å². The molecule has 0 aliphatic heterocycles. The van der Waals surface area contributed by atoms with Crippen LogP contribution in [0.1, 0.15) is 5.56 Å². The summed E-state index contributed by atoms with van der Waals surface area (Å²) in [6.07, 6.45) is -5.05. The molecule has 7 heteroatoms. The maximum atomic E-state index is 11.9. The quantitative estimate of drug-likeness (QED) is 0.350. The molecule has 16 heavy (non-hydrogen) atoms. The van der Waals surface area contributed by atoms with Gasteiger partial charge in [0, 0.05) is 5.56 Å². The number of rotatable bonds is 2. The van der Waals surface area contributed by atoms with E-state index in [1.165, 1.54) is 12.1 Å². The molecule has 0 atom stereocenters. The summed E-state index contributed by atoms with van der Waals surface area (Å²) >= 11 is 0. The molecule has 0 amide bonds. The van der Waals surface area contributed by atoms with Gasteiger partial charge in [-0.25, -0.2) is 4.79 Å². The van der Waals surface area contributed by atoms with Crippen molar-refractivity contribution in [2.45, 2.75) is 6.18 Å². The number of esters is 1. The lowest BCUT2D eigenvalue weighted by Crippen LogP contribution is -2.28. The van der Waals surface area contributed by atoms with Crippen molar-refractivity contribution in [1.82, 2.24) is 0 Å². The van der Waals surface area contributed by atoms with E-state index in [1.54, 1.807) is 0 Å². The van der Waals surface area contributed by atoms with Crippen molar-refractivity contribution in [3.63, 3.8) is 0 Å². The second kappa shape index (κ2) is 4.21. The summed E-state index contributed by atoms with van der Waals surface area (Å²) in [4.78, 5) is 10.5. The highest BCUT2D eigenvalue weighted by molar-refractivity contribution is 5.95. The average molecular weight is 232 g/mol. The van der Waals surface area contributed by atoms with Crippen LogP contribution in [-0.4, -0.2) is 18.0 Å². The Morgan fingerprint density at radius 3 is 2.50 bits per heavy atom. The van der Waals surface area contributed by atoms with Gasteiger partial charge in [0.2, 0.25) is 0 Å². The van der Waals surface area contributed by atoms with Crippen molar-refractivity contribution in [3.8, 4) is 5.75 Å². The molecular formula is C9H7F3N2O2. The number of ether oxygens (including phenoxy) is 1. The number of nitrogen functional groups attached to an aromatic ring is 1. The fraction of sp³-hybridized carbons (Fsp3) is 0.111. The number of carbonyl (C=O) groups is 1. The molecule has 0 saturated heterocycles. The van der Waals surface area contributed by atoms with E-state index in [2.05, 4.69) is 4.74 Å². The van der Waals surface area contributed by atoms with E-state index in [0.29, 0.717) is 0 Å². The summed E-state index contributed by atoms with van der Waals surface area (Å²) in [5, 5.41) is 7.05. The zero-order valence-corrected chi connectivity index (χ0v) is 7.84. The molecule has 0 bridgehead atoms. The van der Waals surface area contributed by atoms with Gasteiger partial charge in [0.05, 0.1) is 0 Å². The Balaban J connectivity index is 2.87. The van der Waals surface area contributed by atoms with Crippen LogP contribution in [-0.2, 0) is 4.79 Å². The van der Waals surface area contributed by atoms with Gasteiger partial charge in [-0.3, -0.25) is 5.41 Å². The molecule has 0 radical (unpaired) electrons. The van der Waals surface area contributed by atoms with Crippen molar-refractivity contribution in [2.24, 2.45) is 5.73 Å². The van der Waals surface area contributed by atoms with Crippen LogP contribution in [0, 0.1) is 5.41 Å². The minimum absolute atomic E-state index is 0.174.